The molecule has 0 radical (unpaired) electrons. The highest BCUT2D eigenvalue weighted by atomic mass is 16.2. The van der Waals surface area contributed by atoms with Gasteiger partial charge in [0.15, 0.2) is 0 Å². The van der Waals surface area contributed by atoms with Crippen LogP contribution in [0.15, 0.2) is 73.7 Å². The number of nitrogens with zero attached hydrogens (tertiary/aromatic N) is 6. The Balaban J connectivity index is 1.50. The van der Waals surface area contributed by atoms with Crippen molar-refractivity contribution < 1.29 is 9.59 Å². The van der Waals surface area contributed by atoms with Gasteiger partial charge in [0.2, 0.25) is 5.91 Å². The minimum Gasteiger partial charge on any atom is -0.337 e. The average molecular weight is 478 g/mol. The minimum atomic E-state index is -0.266. The van der Waals surface area contributed by atoms with E-state index < -0.39 is 0 Å². The number of amides is 2. The molecule has 4 aromatic rings. The average Bonchev–Trinajstić information content (AvgIpc) is 3.33. The van der Waals surface area contributed by atoms with Crippen LogP contribution in [0.1, 0.15) is 34.8 Å². The van der Waals surface area contributed by atoms with Crippen molar-refractivity contribution >= 4 is 28.5 Å². The number of hydrogen-bond donors (Lipinski definition) is 1. The number of carbonyl (C=O) groups excluding carboxylic acids is 2. The van der Waals surface area contributed by atoms with Crippen LogP contribution in [0.2, 0.25) is 0 Å². The molecular weight excluding hydrogens is 454 g/mol. The zero-order valence-corrected chi connectivity index (χ0v) is 19.5. The van der Waals surface area contributed by atoms with Crippen molar-refractivity contribution in [2.24, 2.45) is 0 Å². The molecule has 0 bridgehead atoms. The van der Waals surface area contributed by atoms with Crippen LogP contribution in [0.5, 0.6) is 0 Å². The zero-order valence-electron chi connectivity index (χ0n) is 19.5. The van der Waals surface area contributed by atoms with Gasteiger partial charge in [-0.3, -0.25) is 19.3 Å². The number of rotatable bonds is 5. The first-order chi connectivity index (χ1) is 17.6. The Kier molecular flexibility index (Phi) is 6.24. The summed E-state index contributed by atoms with van der Waals surface area (Å²) in [5.41, 5.74) is 3.05. The summed E-state index contributed by atoms with van der Waals surface area (Å²) in [5.74, 6) is 0.0965. The molecule has 0 saturated carbocycles. The van der Waals surface area contributed by atoms with E-state index in [1.54, 1.807) is 47.6 Å². The number of fused-ring (bicyclic) bond motifs is 1. The lowest BCUT2D eigenvalue weighted by Crippen LogP contribution is -2.40. The van der Waals surface area contributed by atoms with E-state index in [0.29, 0.717) is 41.2 Å². The highest BCUT2D eigenvalue weighted by Crippen LogP contribution is 2.33. The summed E-state index contributed by atoms with van der Waals surface area (Å²) < 4.78 is 1.86. The number of pyridine rings is 2. The van der Waals surface area contributed by atoms with Crippen LogP contribution in [-0.4, -0.2) is 49.6 Å². The molecule has 1 aliphatic heterocycles. The lowest BCUT2D eigenvalue weighted by molar-refractivity contribution is -0.127. The summed E-state index contributed by atoms with van der Waals surface area (Å²) in [6.45, 7) is 4.76. The van der Waals surface area contributed by atoms with Gasteiger partial charge in [-0.15, -0.1) is 0 Å². The Labute approximate surface area is 207 Å². The Bertz CT molecular complexity index is 1490. The molecule has 1 unspecified atom stereocenters. The molecule has 9 heteroatoms. The molecule has 1 atom stereocenters. The smallest absolute Gasteiger partial charge is 0.256 e. The summed E-state index contributed by atoms with van der Waals surface area (Å²) in [6.07, 6.45) is 7.83. The van der Waals surface area contributed by atoms with Gasteiger partial charge >= 0.3 is 0 Å². The largest absolute Gasteiger partial charge is 0.337 e. The maximum absolute atomic E-state index is 12.6. The molecule has 1 N–H and O–H groups in total. The van der Waals surface area contributed by atoms with Crippen molar-refractivity contribution in [2.45, 2.75) is 18.9 Å². The first-order valence-electron chi connectivity index (χ1n) is 11.6. The van der Waals surface area contributed by atoms with Crippen molar-refractivity contribution in [3.05, 3.63) is 84.8 Å². The minimum absolute atomic E-state index is 0.0863. The molecule has 2 amide bonds. The number of nitriles is 1. The van der Waals surface area contributed by atoms with Crippen LogP contribution < -0.4 is 5.32 Å². The van der Waals surface area contributed by atoms with Crippen LogP contribution in [-0.2, 0) is 4.79 Å². The Morgan fingerprint density at radius 2 is 2.00 bits per heavy atom. The van der Waals surface area contributed by atoms with Gasteiger partial charge in [0.25, 0.3) is 5.91 Å². The Morgan fingerprint density at radius 3 is 2.72 bits per heavy atom. The number of nitrogens with one attached hydrogen (secondary N) is 1. The van der Waals surface area contributed by atoms with Gasteiger partial charge in [0.1, 0.15) is 17.6 Å². The van der Waals surface area contributed by atoms with Crippen LogP contribution in [0.3, 0.4) is 0 Å². The maximum atomic E-state index is 12.6. The van der Waals surface area contributed by atoms with Crippen LogP contribution in [0, 0.1) is 11.3 Å². The topological polar surface area (TPSA) is 117 Å². The number of piperidine rings is 1. The molecule has 36 heavy (non-hydrogen) atoms. The fourth-order valence-corrected chi connectivity index (χ4v) is 4.53. The number of anilines is 1. The summed E-state index contributed by atoms with van der Waals surface area (Å²) in [4.78, 5) is 35.0. The van der Waals surface area contributed by atoms with Gasteiger partial charge in [-0.25, -0.2) is 4.98 Å². The number of hydrogen-bond acceptors (Lipinski definition) is 6. The van der Waals surface area contributed by atoms with E-state index in [1.165, 1.54) is 12.3 Å². The molecule has 1 aliphatic rings. The third-order valence-electron chi connectivity index (χ3n) is 6.29. The second-order valence-electron chi connectivity index (χ2n) is 8.52. The monoisotopic (exact) mass is 477 g/mol. The van der Waals surface area contributed by atoms with Crippen molar-refractivity contribution in [2.75, 3.05) is 18.4 Å². The van der Waals surface area contributed by atoms with Gasteiger partial charge < -0.3 is 10.2 Å². The molecular formula is C27H23N7O2. The van der Waals surface area contributed by atoms with Crippen molar-refractivity contribution in [3.8, 4) is 17.3 Å². The molecule has 3 aromatic heterocycles. The molecule has 178 valence electrons. The van der Waals surface area contributed by atoms with Gasteiger partial charge in [-0.1, -0.05) is 24.8 Å². The van der Waals surface area contributed by atoms with E-state index in [9.17, 15) is 14.9 Å². The van der Waals surface area contributed by atoms with Gasteiger partial charge in [0.05, 0.1) is 17.1 Å². The van der Waals surface area contributed by atoms with Gasteiger partial charge in [0, 0.05) is 48.2 Å². The molecule has 1 saturated heterocycles. The zero-order chi connectivity index (χ0) is 25.1. The molecule has 1 aromatic carbocycles. The highest BCUT2D eigenvalue weighted by Gasteiger charge is 2.27. The van der Waals surface area contributed by atoms with E-state index >= 15 is 0 Å². The molecule has 0 spiro atoms. The standard InChI is InChI=1S/C27H23N7O2/c1-2-24(35)33-13-5-6-21(17-33)34-26-20(14-28)15-29-16-22(26)25(32-34)18-8-10-19(11-9-18)27(36)31-23-7-3-4-12-30-23/h2-4,7-12,15-16,21H,1,5-6,13,17H2,(H,30,31,36). The second kappa shape index (κ2) is 9.80. The molecule has 1 fully saturated rings. The predicted octanol–water partition coefficient (Wildman–Crippen LogP) is 3.97. The molecule has 4 heterocycles. The Hall–Kier alpha value is -4.84. The summed E-state index contributed by atoms with van der Waals surface area (Å²) in [5, 5.41) is 18.2. The first-order valence-corrected chi connectivity index (χ1v) is 11.6. The summed E-state index contributed by atoms with van der Waals surface area (Å²) in [6, 6.07) is 14.6. The third kappa shape index (κ3) is 4.32. The number of benzene rings is 1. The first kappa shape index (κ1) is 22.9. The second-order valence-corrected chi connectivity index (χ2v) is 8.52. The molecule has 5 rings (SSSR count). The quantitative estimate of drug-likeness (QED) is 0.435. The van der Waals surface area contributed by atoms with Gasteiger partial charge in [-0.05, 0) is 43.2 Å². The van der Waals surface area contributed by atoms with Crippen molar-refractivity contribution in [3.63, 3.8) is 0 Å². The number of carbonyl (C=O) groups is 2. The third-order valence-corrected chi connectivity index (χ3v) is 6.29. The highest BCUT2D eigenvalue weighted by molar-refractivity contribution is 6.04. The summed E-state index contributed by atoms with van der Waals surface area (Å²) in [7, 11) is 0. The van der Waals surface area contributed by atoms with E-state index in [0.717, 1.165) is 23.8 Å². The fourth-order valence-electron chi connectivity index (χ4n) is 4.53. The lowest BCUT2D eigenvalue weighted by Gasteiger charge is -2.32. The van der Waals surface area contributed by atoms with Crippen LogP contribution >= 0.6 is 0 Å². The van der Waals surface area contributed by atoms with Crippen molar-refractivity contribution in [1.29, 1.82) is 5.26 Å². The van der Waals surface area contributed by atoms with Crippen LogP contribution in [0.4, 0.5) is 5.82 Å². The molecule has 9 nitrogen and oxygen atoms in total. The number of likely N-dealkylation sites (tertiary alicyclic amines) is 1. The number of aromatic nitrogens is 4. The summed E-state index contributed by atoms with van der Waals surface area (Å²) >= 11 is 0. The van der Waals surface area contributed by atoms with Gasteiger partial charge in [-0.2, -0.15) is 10.4 Å². The van der Waals surface area contributed by atoms with Crippen LogP contribution in [0.25, 0.3) is 22.2 Å². The van der Waals surface area contributed by atoms with E-state index in [1.807, 2.05) is 16.8 Å². The lowest BCUT2D eigenvalue weighted by atomic mass is 10.0. The van der Waals surface area contributed by atoms with E-state index in [4.69, 9.17) is 5.10 Å². The Morgan fingerprint density at radius 1 is 1.17 bits per heavy atom. The normalized spacial score (nSPS) is 15.3. The predicted molar refractivity (Wildman–Crippen MR) is 135 cm³/mol. The SMILES string of the molecule is C=CC(=O)N1CCCC(n2nc(-c3ccc(C(=O)Nc4ccccn4)cc3)c3cncc(C#N)c32)C1. The van der Waals surface area contributed by atoms with E-state index in [2.05, 4.69) is 27.9 Å². The maximum Gasteiger partial charge on any atom is 0.256 e. The van der Waals surface area contributed by atoms with E-state index in [-0.39, 0.29) is 17.9 Å². The molecule has 0 aliphatic carbocycles. The van der Waals surface area contributed by atoms with Crippen molar-refractivity contribution in [1.82, 2.24) is 24.6 Å². The fraction of sp³-hybridized carbons (Fsp3) is 0.185.